The van der Waals surface area contributed by atoms with Gasteiger partial charge in [-0.05, 0) is 51.0 Å². The van der Waals surface area contributed by atoms with Gasteiger partial charge in [0.15, 0.2) is 9.84 Å². The fourth-order valence-corrected chi connectivity index (χ4v) is 4.03. The smallest absolute Gasteiger partial charge is 0.179 e. The zero-order valence-corrected chi connectivity index (χ0v) is 15.0. The van der Waals surface area contributed by atoms with Crippen LogP contribution in [0.15, 0.2) is 41.6 Å². The lowest BCUT2D eigenvalue weighted by Crippen LogP contribution is -2.36. The molecule has 2 aromatic rings. The fraction of sp³-hybridized carbons (Fsp3) is 0.471. The van der Waals surface area contributed by atoms with E-state index < -0.39 is 9.84 Å². The number of hydrogen-bond donors (Lipinski definition) is 1. The molecule has 0 saturated carbocycles. The molecule has 1 aromatic heterocycles. The Labute approximate surface area is 138 Å². The number of nitrogens with zero attached hydrogens (tertiary/aromatic N) is 2. The maximum atomic E-state index is 12.5. The standard InChI is InChI=1S/C17H25N3O2S/c1-13-6-7-14(2)17(12-13)23(21,22)11-9-18-15(3)16(4)20-10-5-8-19-20/h5-8,10,12,15-16,18H,9,11H2,1-4H3/t15-,16+/m0/s1. The summed E-state index contributed by atoms with van der Waals surface area (Å²) in [7, 11) is -3.27. The van der Waals surface area contributed by atoms with Gasteiger partial charge in [0.25, 0.3) is 0 Å². The Bertz CT molecular complexity index is 739. The molecule has 0 aliphatic carbocycles. The largest absolute Gasteiger partial charge is 0.311 e. The number of sulfone groups is 1. The molecular formula is C17H25N3O2S. The third-order valence-corrected chi connectivity index (χ3v) is 6.03. The number of benzene rings is 1. The van der Waals surface area contributed by atoms with Gasteiger partial charge in [-0.15, -0.1) is 0 Å². The van der Waals surface area contributed by atoms with Crippen LogP contribution in [-0.4, -0.2) is 36.5 Å². The van der Waals surface area contributed by atoms with Crippen LogP contribution in [0.1, 0.15) is 31.0 Å². The minimum absolute atomic E-state index is 0.0907. The molecule has 1 heterocycles. The molecule has 0 spiro atoms. The molecule has 0 bridgehead atoms. The number of aromatic nitrogens is 2. The topological polar surface area (TPSA) is 64.0 Å². The quantitative estimate of drug-likeness (QED) is 0.844. The van der Waals surface area contributed by atoms with Crippen LogP contribution >= 0.6 is 0 Å². The maximum absolute atomic E-state index is 12.5. The molecule has 0 unspecified atom stereocenters. The van der Waals surface area contributed by atoms with Gasteiger partial charge in [0.05, 0.1) is 16.7 Å². The monoisotopic (exact) mass is 335 g/mol. The predicted molar refractivity (Wildman–Crippen MR) is 92.4 cm³/mol. The van der Waals surface area contributed by atoms with Gasteiger partial charge in [-0.3, -0.25) is 4.68 Å². The Morgan fingerprint density at radius 3 is 2.65 bits per heavy atom. The summed E-state index contributed by atoms with van der Waals surface area (Å²) in [6.45, 7) is 8.26. The highest BCUT2D eigenvalue weighted by molar-refractivity contribution is 7.91. The van der Waals surface area contributed by atoms with Gasteiger partial charge in [0.2, 0.25) is 0 Å². The second-order valence-corrected chi connectivity index (χ2v) is 8.13. The van der Waals surface area contributed by atoms with E-state index in [1.54, 1.807) is 12.3 Å². The van der Waals surface area contributed by atoms with Crippen LogP contribution in [0.3, 0.4) is 0 Å². The zero-order valence-electron chi connectivity index (χ0n) is 14.2. The Balaban J connectivity index is 1.96. The van der Waals surface area contributed by atoms with Crippen molar-refractivity contribution in [2.24, 2.45) is 0 Å². The first-order valence-corrected chi connectivity index (χ1v) is 9.49. The number of hydrogen-bond acceptors (Lipinski definition) is 4. The second kappa shape index (κ2) is 7.27. The fourth-order valence-electron chi connectivity index (χ4n) is 2.49. The molecule has 0 saturated heterocycles. The van der Waals surface area contributed by atoms with Crippen LogP contribution in [0.25, 0.3) is 0 Å². The molecular weight excluding hydrogens is 310 g/mol. The summed E-state index contributed by atoms with van der Waals surface area (Å²) in [6, 6.07) is 7.71. The lowest BCUT2D eigenvalue weighted by atomic mass is 10.2. The van der Waals surface area contributed by atoms with Crippen molar-refractivity contribution in [3.05, 3.63) is 47.8 Å². The first-order valence-electron chi connectivity index (χ1n) is 7.84. The molecule has 5 nitrogen and oxygen atoms in total. The molecule has 6 heteroatoms. The predicted octanol–water partition coefficient (Wildman–Crippen LogP) is 2.51. The van der Waals surface area contributed by atoms with Crippen LogP contribution in [0.5, 0.6) is 0 Å². The molecule has 0 fully saturated rings. The van der Waals surface area contributed by atoms with Crippen molar-refractivity contribution in [2.75, 3.05) is 12.3 Å². The maximum Gasteiger partial charge on any atom is 0.179 e. The van der Waals surface area contributed by atoms with E-state index in [2.05, 4.69) is 17.3 Å². The van der Waals surface area contributed by atoms with E-state index in [9.17, 15) is 8.42 Å². The van der Waals surface area contributed by atoms with E-state index in [4.69, 9.17) is 0 Å². The zero-order chi connectivity index (χ0) is 17.0. The molecule has 2 rings (SSSR count). The van der Waals surface area contributed by atoms with Crippen molar-refractivity contribution >= 4 is 9.84 Å². The van der Waals surface area contributed by atoms with Gasteiger partial charge in [-0.2, -0.15) is 5.10 Å². The average Bonchev–Trinajstić information content (AvgIpc) is 3.02. The molecule has 2 atom stereocenters. The van der Waals surface area contributed by atoms with Gasteiger partial charge in [0, 0.05) is 25.0 Å². The number of rotatable bonds is 7. The molecule has 1 N–H and O–H groups in total. The van der Waals surface area contributed by atoms with Crippen molar-refractivity contribution in [3.8, 4) is 0 Å². The van der Waals surface area contributed by atoms with Gasteiger partial charge in [-0.25, -0.2) is 8.42 Å². The summed E-state index contributed by atoms with van der Waals surface area (Å²) in [4.78, 5) is 0.437. The summed E-state index contributed by atoms with van der Waals surface area (Å²) < 4.78 is 26.9. The van der Waals surface area contributed by atoms with Crippen molar-refractivity contribution < 1.29 is 8.42 Å². The van der Waals surface area contributed by atoms with Gasteiger partial charge in [0.1, 0.15) is 0 Å². The van der Waals surface area contributed by atoms with E-state index in [1.165, 1.54) is 0 Å². The third kappa shape index (κ3) is 4.42. The van der Waals surface area contributed by atoms with Gasteiger partial charge < -0.3 is 5.32 Å². The van der Waals surface area contributed by atoms with Crippen LogP contribution in [0.4, 0.5) is 0 Å². The summed E-state index contributed by atoms with van der Waals surface area (Å²) >= 11 is 0. The average molecular weight is 335 g/mol. The van der Waals surface area contributed by atoms with E-state index in [0.29, 0.717) is 11.4 Å². The highest BCUT2D eigenvalue weighted by atomic mass is 32.2. The van der Waals surface area contributed by atoms with E-state index in [1.807, 2.05) is 49.8 Å². The minimum atomic E-state index is -3.27. The Kier molecular flexibility index (Phi) is 5.59. The van der Waals surface area contributed by atoms with Crippen molar-refractivity contribution in [2.45, 2.75) is 44.7 Å². The lowest BCUT2D eigenvalue weighted by Gasteiger charge is -2.22. The van der Waals surface area contributed by atoms with Crippen molar-refractivity contribution in [3.63, 3.8) is 0 Å². The van der Waals surface area contributed by atoms with Gasteiger partial charge in [-0.1, -0.05) is 12.1 Å². The molecule has 0 radical (unpaired) electrons. The summed E-state index contributed by atoms with van der Waals surface area (Å²) in [6.07, 6.45) is 3.66. The summed E-state index contributed by atoms with van der Waals surface area (Å²) in [5.74, 6) is 0.0907. The van der Waals surface area contributed by atoms with Crippen LogP contribution in [0.2, 0.25) is 0 Å². The molecule has 0 aliphatic heterocycles. The normalized spacial score (nSPS) is 14.6. The Morgan fingerprint density at radius 1 is 1.26 bits per heavy atom. The summed E-state index contributed by atoms with van der Waals surface area (Å²) in [5, 5.41) is 7.51. The van der Waals surface area contributed by atoms with Crippen LogP contribution in [-0.2, 0) is 9.84 Å². The second-order valence-electron chi connectivity index (χ2n) is 6.06. The van der Waals surface area contributed by atoms with Crippen LogP contribution < -0.4 is 5.32 Å². The number of aryl methyl sites for hydroxylation is 2. The SMILES string of the molecule is Cc1ccc(C)c(S(=O)(=O)CCN[C@@H](C)[C@@H](C)n2cccn2)c1. The molecule has 0 aliphatic rings. The minimum Gasteiger partial charge on any atom is -0.311 e. The van der Waals surface area contributed by atoms with E-state index >= 15 is 0 Å². The molecule has 126 valence electrons. The Hall–Kier alpha value is -1.66. The van der Waals surface area contributed by atoms with E-state index in [0.717, 1.165) is 11.1 Å². The van der Waals surface area contributed by atoms with Crippen molar-refractivity contribution in [1.82, 2.24) is 15.1 Å². The first-order chi connectivity index (χ1) is 10.8. The Morgan fingerprint density at radius 2 is 2.00 bits per heavy atom. The molecule has 23 heavy (non-hydrogen) atoms. The third-order valence-electron chi connectivity index (χ3n) is 4.18. The highest BCUT2D eigenvalue weighted by Gasteiger charge is 2.19. The molecule has 0 amide bonds. The molecule has 1 aromatic carbocycles. The van der Waals surface area contributed by atoms with Crippen LogP contribution in [0, 0.1) is 13.8 Å². The van der Waals surface area contributed by atoms with E-state index in [-0.39, 0.29) is 17.8 Å². The summed E-state index contributed by atoms with van der Waals surface area (Å²) in [5.41, 5.74) is 1.76. The van der Waals surface area contributed by atoms with Gasteiger partial charge >= 0.3 is 0 Å². The number of nitrogens with one attached hydrogen (secondary N) is 1. The highest BCUT2D eigenvalue weighted by Crippen LogP contribution is 2.18. The lowest BCUT2D eigenvalue weighted by molar-refractivity contribution is 0.372. The first kappa shape index (κ1) is 17.7. The van der Waals surface area contributed by atoms with Crippen molar-refractivity contribution in [1.29, 1.82) is 0 Å².